The molecule has 0 aromatic rings. The van der Waals surface area contributed by atoms with E-state index in [0.717, 1.165) is 36.8 Å². The van der Waals surface area contributed by atoms with Gasteiger partial charge in [0.15, 0.2) is 0 Å². The molecule has 0 unspecified atom stereocenters. The first-order valence-corrected chi connectivity index (χ1v) is 17.9. The number of ether oxygens (including phenoxy) is 6. The quantitative estimate of drug-likeness (QED) is 0.0986. The number of alkyl carbamates (subject to hydrolysis) is 2. The van der Waals surface area contributed by atoms with Crippen molar-refractivity contribution in [2.24, 2.45) is 11.8 Å². The van der Waals surface area contributed by atoms with Crippen LogP contribution < -0.4 is 10.6 Å². The fraction of sp³-hybridized carbons (Fsp3) is 0.676. The van der Waals surface area contributed by atoms with Gasteiger partial charge >= 0.3 is 24.1 Å². The predicted octanol–water partition coefficient (Wildman–Crippen LogP) is 4.09. The first kappa shape index (κ1) is 36.1. The summed E-state index contributed by atoms with van der Waals surface area (Å²) in [5.41, 5.74) is 2.19. The number of aliphatic hydroxyl groups excluding tert-OH is 1. The van der Waals surface area contributed by atoms with Gasteiger partial charge in [0.1, 0.15) is 37.6 Å². The molecular formula is C37H50N2O11. The lowest BCUT2D eigenvalue weighted by atomic mass is 9.84. The molecule has 2 aliphatic carbocycles. The van der Waals surface area contributed by atoms with Crippen LogP contribution in [0.2, 0.25) is 0 Å². The molecule has 13 heteroatoms. The molecule has 4 aliphatic heterocycles. The number of epoxide rings is 2. The molecular weight excluding hydrogens is 648 g/mol. The molecule has 4 fully saturated rings. The first-order chi connectivity index (χ1) is 23.9. The van der Waals surface area contributed by atoms with Crippen LogP contribution in [-0.4, -0.2) is 97.3 Å². The van der Waals surface area contributed by atoms with E-state index in [1.54, 1.807) is 0 Å². The highest BCUT2D eigenvalue weighted by Crippen LogP contribution is 2.51. The summed E-state index contributed by atoms with van der Waals surface area (Å²) < 4.78 is 34.0. The molecule has 8 atom stereocenters. The maximum atomic E-state index is 12.4. The second kappa shape index (κ2) is 14.9. The van der Waals surface area contributed by atoms with Crippen molar-refractivity contribution in [3.05, 3.63) is 47.6 Å². The Labute approximate surface area is 292 Å². The monoisotopic (exact) mass is 698 g/mol. The fourth-order valence-electron chi connectivity index (χ4n) is 7.75. The third-order valence-corrected chi connectivity index (χ3v) is 11.1. The van der Waals surface area contributed by atoms with Gasteiger partial charge in [0.25, 0.3) is 0 Å². The summed E-state index contributed by atoms with van der Waals surface area (Å²) >= 11 is 0. The number of hydrogen-bond acceptors (Lipinski definition) is 11. The van der Waals surface area contributed by atoms with Crippen molar-refractivity contribution in [3.8, 4) is 0 Å². The smallest absolute Gasteiger partial charge is 0.407 e. The molecule has 4 heterocycles. The fourth-order valence-corrected chi connectivity index (χ4v) is 7.75. The van der Waals surface area contributed by atoms with Gasteiger partial charge in [-0.3, -0.25) is 0 Å². The minimum absolute atomic E-state index is 0.111. The van der Waals surface area contributed by atoms with E-state index in [1.807, 2.05) is 13.8 Å². The maximum absolute atomic E-state index is 12.4. The molecule has 4 saturated heterocycles. The molecule has 13 nitrogen and oxygen atoms in total. The van der Waals surface area contributed by atoms with E-state index in [0.29, 0.717) is 36.8 Å². The second-order valence-electron chi connectivity index (χ2n) is 14.8. The summed E-state index contributed by atoms with van der Waals surface area (Å²) in [5, 5.41) is 15.7. The van der Waals surface area contributed by atoms with Gasteiger partial charge in [-0.15, -0.1) is 0 Å². The summed E-state index contributed by atoms with van der Waals surface area (Å²) in [4.78, 5) is 49.1. The summed E-state index contributed by atoms with van der Waals surface area (Å²) in [6, 6.07) is 0. The normalized spacial score (nSPS) is 37.4. The molecule has 0 bridgehead atoms. The van der Waals surface area contributed by atoms with Crippen LogP contribution in [0.25, 0.3) is 0 Å². The van der Waals surface area contributed by atoms with E-state index in [9.17, 15) is 24.3 Å². The van der Waals surface area contributed by atoms with Crippen LogP contribution in [0.15, 0.2) is 47.6 Å². The molecule has 3 N–H and O–H groups in total. The van der Waals surface area contributed by atoms with Crippen LogP contribution in [0.1, 0.15) is 78.1 Å². The molecule has 0 aromatic carbocycles. The lowest BCUT2D eigenvalue weighted by molar-refractivity contribution is -0.140. The minimum Gasteiger partial charge on any atom is -0.455 e. The molecule has 0 radical (unpaired) electrons. The maximum Gasteiger partial charge on any atom is 0.407 e. The number of hydrogen-bond donors (Lipinski definition) is 3. The Bertz CT molecular complexity index is 1350. The molecule has 6 rings (SSSR count). The van der Waals surface area contributed by atoms with Crippen molar-refractivity contribution in [1.29, 1.82) is 0 Å². The summed E-state index contributed by atoms with van der Waals surface area (Å²) in [6.45, 7) is 12.6. The molecule has 274 valence electrons. The average Bonchev–Trinajstić information content (AvgIpc) is 3.89. The summed E-state index contributed by atoms with van der Waals surface area (Å²) in [7, 11) is 0. The van der Waals surface area contributed by atoms with Crippen molar-refractivity contribution in [1.82, 2.24) is 10.6 Å². The van der Waals surface area contributed by atoms with E-state index in [4.69, 9.17) is 28.4 Å². The van der Waals surface area contributed by atoms with E-state index >= 15 is 0 Å². The van der Waals surface area contributed by atoms with E-state index in [1.165, 1.54) is 0 Å². The molecule has 6 aliphatic rings. The standard InChI is InChI=1S/C37H50N2O11/c1-21-26-11-9-23(7-5-15-36(3)30(49-36)28(26)47-32(21)41)19-45-34(43)38-17-13-25(40)14-18-39-35(44)46-20-24-8-6-16-37(4)31(50-37)29-27(12-10-24)22(2)33(42)48-29/h7-8,25-31,40H,1-2,5-6,9-20H2,3-4H3,(H,38,43)(H,39,44)/b23-7+,24-8+/t26-,27-,28-,29-,30-,31-,36+,37+/m0/s1. The molecule has 0 aromatic heterocycles. The third kappa shape index (κ3) is 8.26. The zero-order chi connectivity index (χ0) is 35.6. The first-order valence-electron chi connectivity index (χ1n) is 17.9. The van der Waals surface area contributed by atoms with Gasteiger partial charge in [-0.2, -0.15) is 0 Å². The van der Waals surface area contributed by atoms with Crippen molar-refractivity contribution in [3.63, 3.8) is 0 Å². The number of aliphatic hydroxyl groups is 1. The molecule has 2 amide bonds. The van der Waals surface area contributed by atoms with Crippen LogP contribution in [0.3, 0.4) is 0 Å². The van der Waals surface area contributed by atoms with Crippen LogP contribution in [0.4, 0.5) is 9.59 Å². The number of nitrogens with one attached hydrogen (secondary N) is 2. The Balaban J connectivity index is 0.849. The van der Waals surface area contributed by atoms with Crippen LogP contribution in [0.5, 0.6) is 0 Å². The van der Waals surface area contributed by atoms with Crippen LogP contribution in [0, 0.1) is 11.8 Å². The highest BCUT2D eigenvalue weighted by Gasteiger charge is 2.62. The highest BCUT2D eigenvalue weighted by atomic mass is 16.7. The van der Waals surface area contributed by atoms with Crippen molar-refractivity contribution in [2.75, 3.05) is 26.3 Å². The predicted molar refractivity (Wildman–Crippen MR) is 179 cm³/mol. The Hall–Kier alpha value is -3.68. The minimum atomic E-state index is -0.753. The number of fused-ring (bicyclic) bond motifs is 6. The van der Waals surface area contributed by atoms with Crippen molar-refractivity contribution < 1.29 is 52.7 Å². The van der Waals surface area contributed by atoms with Crippen LogP contribution >= 0.6 is 0 Å². The van der Waals surface area contributed by atoms with Gasteiger partial charge in [0, 0.05) is 36.1 Å². The van der Waals surface area contributed by atoms with Crippen molar-refractivity contribution >= 4 is 24.1 Å². The van der Waals surface area contributed by atoms with Crippen LogP contribution in [-0.2, 0) is 38.0 Å². The average molecular weight is 699 g/mol. The van der Waals surface area contributed by atoms with Gasteiger partial charge in [-0.25, -0.2) is 19.2 Å². The van der Waals surface area contributed by atoms with E-state index in [-0.39, 0.29) is 98.5 Å². The Morgan fingerprint density at radius 3 is 1.66 bits per heavy atom. The molecule has 50 heavy (non-hydrogen) atoms. The second-order valence-corrected chi connectivity index (χ2v) is 14.8. The van der Waals surface area contributed by atoms with Gasteiger partial charge in [0.05, 0.1) is 17.3 Å². The van der Waals surface area contributed by atoms with E-state index in [2.05, 4.69) is 35.9 Å². The van der Waals surface area contributed by atoms with Crippen molar-refractivity contribution in [2.45, 2.75) is 120 Å². The van der Waals surface area contributed by atoms with E-state index < -0.39 is 18.3 Å². The number of rotatable bonds is 10. The molecule has 0 spiro atoms. The number of carbonyl (C=O) groups is 4. The zero-order valence-electron chi connectivity index (χ0n) is 29.0. The third-order valence-electron chi connectivity index (χ3n) is 11.1. The lowest BCUT2D eigenvalue weighted by Gasteiger charge is -2.20. The Morgan fingerprint density at radius 1 is 0.820 bits per heavy atom. The largest absolute Gasteiger partial charge is 0.455 e. The number of allylic oxidation sites excluding steroid dienone is 2. The molecule has 0 saturated carbocycles. The Kier molecular flexibility index (Phi) is 10.8. The topological polar surface area (TPSA) is 175 Å². The summed E-state index contributed by atoms with van der Waals surface area (Å²) in [5.74, 6) is -0.991. The zero-order valence-corrected chi connectivity index (χ0v) is 29.0. The number of esters is 2. The van der Waals surface area contributed by atoms with Gasteiger partial charge in [-0.05, 0) is 89.2 Å². The summed E-state index contributed by atoms with van der Waals surface area (Å²) in [6.07, 6.45) is 7.59. The van der Waals surface area contributed by atoms with Gasteiger partial charge in [0.2, 0.25) is 0 Å². The number of carbonyl (C=O) groups excluding carboxylic acids is 4. The lowest BCUT2D eigenvalue weighted by Crippen LogP contribution is -2.31. The van der Waals surface area contributed by atoms with Gasteiger partial charge < -0.3 is 44.2 Å². The van der Waals surface area contributed by atoms with Gasteiger partial charge in [-0.1, -0.05) is 25.3 Å². The highest BCUT2D eigenvalue weighted by molar-refractivity contribution is 5.91. The Morgan fingerprint density at radius 2 is 1.24 bits per heavy atom. The SMILES string of the molecule is C=C1C(=O)O[C@H]2[C@H]1CC/C(COC(=O)NCCC(O)CCNC(=O)OC/C1=C/CC[C@@]3(C)O[C@H]3[C@H]3OC(=O)C(=C)[C@@H]3CC1)=C\CC[C@@]1(C)O[C@@H]21. The number of amides is 2.